The summed E-state index contributed by atoms with van der Waals surface area (Å²) in [5.74, 6) is 0.460. The molecule has 1 aromatic carbocycles. The van der Waals surface area contributed by atoms with Crippen LogP contribution in [0.25, 0.3) is 0 Å². The monoisotopic (exact) mass is 330 g/mol. The highest BCUT2D eigenvalue weighted by Crippen LogP contribution is 2.32. The van der Waals surface area contributed by atoms with Gasteiger partial charge in [0.05, 0.1) is 26.0 Å². The van der Waals surface area contributed by atoms with E-state index in [1.807, 2.05) is 12.1 Å². The van der Waals surface area contributed by atoms with Crippen molar-refractivity contribution in [1.29, 1.82) is 0 Å². The summed E-state index contributed by atoms with van der Waals surface area (Å²) in [4.78, 5) is 17.9. The number of amides is 1. The summed E-state index contributed by atoms with van der Waals surface area (Å²) in [7, 11) is 3.20. The average Bonchev–Trinajstić information content (AvgIpc) is 2.82. The molecule has 0 N–H and O–H groups in total. The van der Waals surface area contributed by atoms with Gasteiger partial charge in [-0.2, -0.15) is 0 Å². The molecule has 0 aliphatic carbocycles. The number of aromatic nitrogens is 1. The summed E-state index contributed by atoms with van der Waals surface area (Å²) >= 11 is 0. The minimum Gasteiger partial charge on any atom is -0.493 e. The first-order chi connectivity index (χ1) is 11.6. The van der Waals surface area contributed by atoms with Crippen molar-refractivity contribution in [2.45, 2.75) is 12.8 Å². The SMILES string of the molecule is COc1cc2c(cc1OC)CCN(C(=O)c1ccncc1F)CC2. The lowest BCUT2D eigenvalue weighted by Gasteiger charge is -2.20. The summed E-state index contributed by atoms with van der Waals surface area (Å²) in [6, 6.07) is 5.33. The number of rotatable bonds is 3. The van der Waals surface area contributed by atoms with Gasteiger partial charge in [0.25, 0.3) is 5.91 Å². The Bertz CT molecular complexity index is 729. The van der Waals surface area contributed by atoms with Gasteiger partial charge >= 0.3 is 0 Å². The van der Waals surface area contributed by atoms with E-state index in [1.165, 1.54) is 12.3 Å². The van der Waals surface area contributed by atoms with Crippen LogP contribution in [0.5, 0.6) is 11.5 Å². The van der Waals surface area contributed by atoms with Gasteiger partial charge in [-0.3, -0.25) is 9.78 Å². The quantitative estimate of drug-likeness (QED) is 0.868. The van der Waals surface area contributed by atoms with Crippen LogP contribution in [-0.4, -0.2) is 43.1 Å². The number of ether oxygens (including phenoxy) is 2. The van der Waals surface area contributed by atoms with E-state index in [9.17, 15) is 9.18 Å². The van der Waals surface area contributed by atoms with Crippen molar-refractivity contribution in [3.05, 3.63) is 53.1 Å². The fraction of sp³-hybridized carbons (Fsp3) is 0.333. The fourth-order valence-corrected chi connectivity index (χ4v) is 2.97. The van der Waals surface area contributed by atoms with Crippen LogP contribution in [0.2, 0.25) is 0 Å². The Morgan fingerprint density at radius 2 is 1.71 bits per heavy atom. The lowest BCUT2D eigenvalue weighted by atomic mass is 10.0. The molecule has 6 heteroatoms. The first-order valence-electron chi connectivity index (χ1n) is 7.76. The zero-order valence-corrected chi connectivity index (χ0v) is 13.7. The molecule has 0 saturated carbocycles. The molecular weight excluding hydrogens is 311 g/mol. The smallest absolute Gasteiger partial charge is 0.256 e. The standard InChI is InChI=1S/C18H19FN2O3/c1-23-16-9-12-4-7-21(8-5-13(12)10-17(16)24-2)18(22)14-3-6-20-11-15(14)19/h3,6,9-11H,4-5,7-8H2,1-2H3. The summed E-state index contributed by atoms with van der Waals surface area (Å²) in [5, 5.41) is 0. The Balaban J connectivity index is 1.83. The van der Waals surface area contributed by atoms with Gasteiger partial charge in [-0.05, 0) is 42.2 Å². The second kappa shape index (κ2) is 6.86. The molecule has 0 bridgehead atoms. The van der Waals surface area contributed by atoms with Gasteiger partial charge in [0, 0.05) is 19.3 Å². The summed E-state index contributed by atoms with van der Waals surface area (Å²) in [6.07, 6.45) is 3.87. The minimum absolute atomic E-state index is 0.0612. The third-order valence-corrected chi connectivity index (χ3v) is 4.30. The van der Waals surface area contributed by atoms with Crippen molar-refractivity contribution in [2.75, 3.05) is 27.3 Å². The molecule has 24 heavy (non-hydrogen) atoms. The highest BCUT2D eigenvalue weighted by Gasteiger charge is 2.23. The number of pyridine rings is 1. The Hall–Kier alpha value is -2.63. The third-order valence-electron chi connectivity index (χ3n) is 4.30. The summed E-state index contributed by atoms with van der Waals surface area (Å²) in [6.45, 7) is 1.06. The van der Waals surface area contributed by atoms with E-state index in [0.29, 0.717) is 37.4 Å². The Morgan fingerprint density at radius 3 is 2.21 bits per heavy atom. The molecule has 2 heterocycles. The molecule has 1 amide bonds. The number of halogens is 1. The van der Waals surface area contributed by atoms with Gasteiger partial charge in [-0.15, -0.1) is 0 Å². The lowest BCUT2D eigenvalue weighted by molar-refractivity contribution is 0.0758. The van der Waals surface area contributed by atoms with Crippen molar-refractivity contribution in [3.8, 4) is 11.5 Å². The Morgan fingerprint density at radius 1 is 1.12 bits per heavy atom. The molecule has 0 saturated heterocycles. The molecule has 0 atom stereocenters. The normalized spacial score (nSPS) is 13.9. The molecular formula is C18H19FN2O3. The van der Waals surface area contributed by atoms with E-state index >= 15 is 0 Å². The van der Waals surface area contributed by atoms with Crippen LogP contribution in [0.1, 0.15) is 21.5 Å². The molecule has 126 valence electrons. The van der Waals surface area contributed by atoms with Crippen molar-refractivity contribution < 1.29 is 18.7 Å². The number of carbonyl (C=O) groups is 1. The van der Waals surface area contributed by atoms with E-state index in [-0.39, 0.29) is 11.5 Å². The topological polar surface area (TPSA) is 51.7 Å². The Labute approximate surface area is 140 Å². The number of hydrogen-bond acceptors (Lipinski definition) is 4. The van der Waals surface area contributed by atoms with Crippen molar-refractivity contribution in [1.82, 2.24) is 9.88 Å². The van der Waals surface area contributed by atoms with Gasteiger partial charge in [0.15, 0.2) is 17.3 Å². The zero-order valence-electron chi connectivity index (χ0n) is 13.7. The van der Waals surface area contributed by atoms with Gasteiger partial charge in [0.1, 0.15) is 0 Å². The lowest BCUT2D eigenvalue weighted by Crippen LogP contribution is -2.33. The van der Waals surface area contributed by atoms with Crippen LogP contribution >= 0.6 is 0 Å². The number of carbonyl (C=O) groups excluding carboxylic acids is 1. The third kappa shape index (κ3) is 3.04. The molecule has 2 aromatic rings. The molecule has 0 unspecified atom stereocenters. The van der Waals surface area contributed by atoms with Crippen LogP contribution in [0.15, 0.2) is 30.6 Å². The predicted octanol–water partition coefficient (Wildman–Crippen LogP) is 2.48. The second-order valence-corrected chi connectivity index (χ2v) is 5.62. The van der Waals surface area contributed by atoms with Crippen LogP contribution < -0.4 is 9.47 Å². The maximum atomic E-state index is 13.8. The molecule has 5 nitrogen and oxygen atoms in total. The van der Waals surface area contributed by atoms with Crippen LogP contribution in [-0.2, 0) is 12.8 Å². The van der Waals surface area contributed by atoms with E-state index in [0.717, 1.165) is 17.3 Å². The maximum Gasteiger partial charge on any atom is 0.256 e. The number of methoxy groups -OCH3 is 2. The number of fused-ring (bicyclic) bond motifs is 1. The zero-order chi connectivity index (χ0) is 17.1. The van der Waals surface area contributed by atoms with Crippen molar-refractivity contribution in [3.63, 3.8) is 0 Å². The molecule has 1 aliphatic heterocycles. The molecule has 3 rings (SSSR count). The Kier molecular flexibility index (Phi) is 4.64. The highest BCUT2D eigenvalue weighted by molar-refractivity contribution is 5.94. The van der Waals surface area contributed by atoms with E-state index in [4.69, 9.17) is 9.47 Å². The van der Waals surface area contributed by atoms with Crippen LogP contribution in [0.3, 0.4) is 0 Å². The van der Waals surface area contributed by atoms with E-state index in [1.54, 1.807) is 19.1 Å². The van der Waals surface area contributed by atoms with E-state index in [2.05, 4.69) is 4.98 Å². The number of nitrogens with zero attached hydrogens (tertiary/aromatic N) is 2. The first-order valence-corrected chi connectivity index (χ1v) is 7.76. The average molecular weight is 330 g/mol. The second-order valence-electron chi connectivity index (χ2n) is 5.62. The first kappa shape index (κ1) is 16.2. The molecule has 0 radical (unpaired) electrons. The molecule has 1 aliphatic rings. The largest absolute Gasteiger partial charge is 0.493 e. The summed E-state index contributed by atoms with van der Waals surface area (Å²) < 4.78 is 24.5. The van der Waals surface area contributed by atoms with Gasteiger partial charge in [0.2, 0.25) is 0 Å². The van der Waals surface area contributed by atoms with Crippen LogP contribution in [0, 0.1) is 5.82 Å². The van der Waals surface area contributed by atoms with Crippen molar-refractivity contribution >= 4 is 5.91 Å². The van der Waals surface area contributed by atoms with Crippen LogP contribution in [0.4, 0.5) is 4.39 Å². The molecule has 0 spiro atoms. The minimum atomic E-state index is -0.590. The fourth-order valence-electron chi connectivity index (χ4n) is 2.97. The van der Waals surface area contributed by atoms with Gasteiger partial charge < -0.3 is 14.4 Å². The van der Waals surface area contributed by atoms with E-state index < -0.39 is 5.82 Å². The maximum absolute atomic E-state index is 13.8. The van der Waals surface area contributed by atoms with Gasteiger partial charge in [-0.25, -0.2) is 4.39 Å². The number of hydrogen-bond donors (Lipinski definition) is 0. The van der Waals surface area contributed by atoms with Gasteiger partial charge in [-0.1, -0.05) is 0 Å². The van der Waals surface area contributed by atoms with Crippen molar-refractivity contribution in [2.24, 2.45) is 0 Å². The highest BCUT2D eigenvalue weighted by atomic mass is 19.1. The molecule has 0 fully saturated rings. The molecule has 1 aromatic heterocycles. The summed E-state index contributed by atoms with van der Waals surface area (Å²) in [5.41, 5.74) is 2.31. The predicted molar refractivity (Wildman–Crippen MR) is 87.1 cm³/mol. The number of benzene rings is 1.